The Kier molecular flexibility index (Phi) is 6.21. The molecule has 1 heterocycles. The second-order valence-corrected chi connectivity index (χ2v) is 9.64. The van der Waals surface area contributed by atoms with Crippen molar-refractivity contribution in [2.24, 2.45) is 17.8 Å². The van der Waals surface area contributed by atoms with Crippen LogP contribution < -0.4 is 5.32 Å². The van der Waals surface area contributed by atoms with Crippen LogP contribution in [0.25, 0.3) is 11.1 Å². The van der Waals surface area contributed by atoms with Crippen LogP contribution in [0.3, 0.4) is 0 Å². The van der Waals surface area contributed by atoms with Gasteiger partial charge in [0.05, 0.1) is 5.92 Å². The van der Waals surface area contributed by atoms with Crippen LogP contribution >= 0.6 is 0 Å². The molecule has 2 aromatic rings. The summed E-state index contributed by atoms with van der Waals surface area (Å²) in [6.45, 7) is 0.893. The summed E-state index contributed by atoms with van der Waals surface area (Å²) in [5, 5.41) is 12.2. The number of carbonyl (C=O) groups is 3. The van der Waals surface area contributed by atoms with Gasteiger partial charge in [0.1, 0.15) is 12.6 Å². The molecule has 180 valence electrons. The topological polar surface area (TPSA) is 95.9 Å². The molecule has 5 rings (SSSR count). The average Bonchev–Trinajstić information content (AvgIpc) is 3.33. The maximum absolute atomic E-state index is 13.2. The fourth-order valence-corrected chi connectivity index (χ4v) is 6.13. The quantitative estimate of drug-likeness (QED) is 0.628. The molecule has 0 spiro atoms. The van der Waals surface area contributed by atoms with Crippen LogP contribution in [0.5, 0.6) is 0 Å². The Hall–Kier alpha value is -3.79. The lowest BCUT2D eigenvalue weighted by Crippen LogP contribution is -2.54. The first-order chi connectivity index (χ1) is 17.0. The molecule has 2 aliphatic carbocycles. The van der Waals surface area contributed by atoms with Gasteiger partial charge in [-0.15, -0.1) is 12.3 Å². The number of hydrogen-bond acceptors (Lipinski definition) is 4. The number of carboxylic acid groups (broad SMARTS) is 1. The molecule has 3 atom stereocenters. The minimum absolute atomic E-state index is 0.0389. The van der Waals surface area contributed by atoms with Crippen LogP contribution in [0, 0.1) is 30.1 Å². The Labute approximate surface area is 204 Å². The van der Waals surface area contributed by atoms with E-state index in [1.165, 1.54) is 0 Å². The molecule has 1 saturated carbocycles. The lowest BCUT2D eigenvalue weighted by Gasteiger charge is -2.37. The van der Waals surface area contributed by atoms with Gasteiger partial charge in [-0.1, -0.05) is 48.5 Å². The Morgan fingerprint density at radius 1 is 1.03 bits per heavy atom. The fourth-order valence-electron chi connectivity index (χ4n) is 6.13. The predicted octanol–water partition coefficient (Wildman–Crippen LogP) is 3.49. The van der Waals surface area contributed by atoms with Gasteiger partial charge in [0.2, 0.25) is 5.91 Å². The number of ether oxygens (including phenoxy) is 1. The Morgan fingerprint density at radius 2 is 1.60 bits per heavy atom. The molecule has 1 saturated heterocycles. The Balaban J connectivity index is 1.23. The largest absolute Gasteiger partial charge is 0.481 e. The number of benzene rings is 2. The van der Waals surface area contributed by atoms with Gasteiger partial charge >= 0.3 is 12.1 Å². The maximum atomic E-state index is 13.2. The SMILES string of the molecule is C#CCC(NC(=O)OCC1c2ccccc2-c2ccccc21)C(=O)N1CC2CCC(C1)C2C(=O)O. The summed E-state index contributed by atoms with van der Waals surface area (Å²) >= 11 is 0. The normalized spacial score (nSPS) is 23.1. The highest BCUT2D eigenvalue weighted by Gasteiger charge is 2.47. The zero-order chi connectivity index (χ0) is 24.5. The van der Waals surface area contributed by atoms with E-state index in [-0.39, 0.29) is 36.7 Å². The van der Waals surface area contributed by atoms with Crippen molar-refractivity contribution in [2.45, 2.75) is 31.2 Å². The number of carboxylic acids is 1. The molecule has 7 nitrogen and oxygen atoms in total. The fraction of sp³-hybridized carbons (Fsp3) is 0.393. The number of terminal acetylenes is 1. The van der Waals surface area contributed by atoms with E-state index in [2.05, 4.69) is 23.4 Å². The molecule has 2 fully saturated rings. The van der Waals surface area contributed by atoms with Crippen molar-refractivity contribution in [1.29, 1.82) is 0 Å². The summed E-state index contributed by atoms with van der Waals surface area (Å²) in [7, 11) is 0. The number of nitrogens with one attached hydrogen (secondary N) is 1. The van der Waals surface area contributed by atoms with Gasteiger partial charge in [0, 0.05) is 25.4 Å². The molecule has 7 heteroatoms. The third-order valence-electron chi connectivity index (χ3n) is 7.69. The highest BCUT2D eigenvalue weighted by Crippen LogP contribution is 2.44. The molecule has 2 N–H and O–H groups in total. The van der Waals surface area contributed by atoms with Crippen LogP contribution in [-0.4, -0.2) is 53.7 Å². The van der Waals surface area contributed by atoms with E-state index in [0.29, 0.717) is 13.1 Å². The standard InChI is InChI=1S/C28H28N2O5/c1-2-7-24(26(31)30-14-17-12-13-18(15-30)25(17)27(32)33)29-28(34)35-16-23-21-10-5-3-8-19(21)20-9-4-6-11-22(20)23/h1,3-6,8-11,17-18,23-25H,7,12-16H2,(H,29,34)(H,32,33). The van der Waals surface area contributed by atoms with E-state index in [9.17, 15) is 19.5 Å². The van der Waals surface area contributed by atoms with E-state index >= 15 is 0 Å². The first-order valence-electron chi connectivity index (χ1n) is 12.0. The van der Waals surface area contributed by atoms with Crippen molar-refractivity contribution in [3.05, 3.63) is 59.7 Å². The van der Waals surface area contributed by atoms with Gasteiger partial charge < -0.3 is 20.1 Å². The van der Waals surface area contributed by atoms with Gasteiger partial charge in [-0.3, -0.25) is 9.59 Å². The number of rotatable bonds is 6. The van der Waals surface area contributed by atoms with Crippen molar-refractivity contribution < 1.29 is 24.2 Å². The van der Waals surface area contributed by atoms with Gasteiger partial charge in [-0.25, -0.2) is 4.79 Å². The van der Waals surface area contributed by atoms with Gasteiger partial charge in [0.25, 0.3) is 0 Å². The molecule has 1 aliphatic heterocycles. The zero-order valence-electron chi connectivity index (χ0n) is 19.4. The van der Waals surface area contributed by atoms with E-state index in [4.69, 9.17) is 11.2 Å². The molecule has 2 bridgehead atoms. The summed E-state index contributed by atoms with van der Waals surface area (Å²) in [4.78, 5) is 39.2. The first-order valence-corrected chi connectivity index (χ1v) is 12.0. The maximum Gasteiger partial charge on any atom is 0.407 e. The lowest BCUT2D eigenvalue weighted by atomic mass is 9.85. The van der Waals surface area contributed by atoms with Crippen molar-refractivity contribution >= 4 is 18.0 Å². The molecule has 0 aromatic heterocycles. The number of hydrogen-bond donors (Lipinski definition) is 2. The molecule has 2 aromatic carbocycles. The lowest BCUT2D eigenvalue weighted by molar-refractivity contribution is -0.150. The monoisotopic (exact) mass is 472 g/mol. The zero-order valence-corrected chi connectivity index (χ0v) is 19.4. The van der Waals surface area contributed by atoms with Gasteiger partial charge in [0.15, 0.2) is 0 Å². The number of aliphatic carboxylic acids is 1. The van der Waals surface area contributed by atoms with Crippen LogP contribution in [0.4, 0.5) is 4.79 Å². The minimum Gasteiger partial charge on any atom is -0.481 e. The number of amides is 2. The second-order valence-electron chi connectivity index (χ2n) is 9.64. The number of piperidine rings is 1. The van der Waals surface area contributed by atoms with Gasteiger partial charge in [-0.05, 0) is 46.9 Å². The third-order valence-corrected chi connectivity index (χ3v) is 7.69. The summed E-state index contributed by atoms with van der Waals surface area (Å²) in [5.41, 5.74) is 4.48. The summed E-state index contributed by atoms with van der Waals surface area (Å²) in [5.74, 6) is 0.795. The molecule has 3 aliphatic rings. The van der Waals surface area contributed by atoms with Crippen molar-refractivity contribution in [3.63, 3.8) is 0 Å². The second kappa shape index (κ2) is 9.46. The van der Waals surface area contributed by atoms with Crippen molar-refractivity contribution in [1.82, 2.24) is 10.2 Å². The smallest absolute Gasteiger partial charge is 0.407 e. The molecule has 35 heavy (non-hydrogen) atoms. The van der Waals surface area contributed by atoms with Crippen LogP contribution in [0.15, 0.2) is 48.5 Å². The number of nitrogens with zero attached hydrogens (tertiary/aromatic N) is 1. The first kappa shape index (κ1) is 23.0. The van der Waals surface area contributed by atoms with Crippen molar-refractivity contribution in [3.8, 4) is 23.5 Å². The summed E-state index contributed by atoms with van der Waals surface area (Å²) < 4.78 is 5.59. The van der Waals surface area contributed by atoms with E-state index in [1.807, 2.05) is 36.4 Å². The molecular formula is C28H28N2O5. The summed E-state index contributed by atoms with van der Waals surface area (Å²) in [6, 6.07) is 15.2. The molecule has 2 amide bonds. The number of alkyl carbamates (subject to hydrolysis) is 1. The minimum atomic E-state index is -0.906. The Bertz CT molecular complexity index is 1140. The predicted molar refractivity (Wildman–Crippen MR) is 129 cm³/mol. The number of likely N-dealkylation sites (tertiary alicyclic amines) is 1. The van der Waals surface area contributed by atoms with E-state index < -0.39 is 24.0 Å². The van der Waals surface area contributed by atoms with Crippen LogP contribution in [0.1, 0.15) is 36.3 Å². The number of carbonyl (C=O) groups excluding carboxylic acids is 2. The average molecular weight is 473 g/mol. The van der Waals surface area contributed by atoms with E-state index in [0.717, 1.165) is 35.1 Å². The highest BCUT2D eigenvalue weighted by atomic mass is 16.5. The highest BCUT2D eigenvalue weighted by molar-refractivity contribution is 5.86. The summed E-state index contributed by atoms with van der Waals surface area (Å²) in [6.07, 6.45) is 6.43. The van der Waals surface area contributed by atoms with E-state index in [1.54, 1.807) is 4.90 Å². The molecular weight excluding hydrogens is 444 g/mol. The van der Waals surface area contributed by atoms with Gasteiger partial charge in [-0.2, -0.15) is 0 Å². The van der Waals surface area contributed by atoms with Crippen molar-refractivity contribution in [2.75, 3.05) is 19.7 Å². The molecule has 0 radical (unpaired) electrons. The number of fused-ring (bicyclic) bond motifs is 5. The molecule has 3 unspecified atom stereocenters. The third kappa shape index (κ3) is 4.25. The Morgan fingerprint density at radius 3 is 2.14 bits per heavy atom. The van der Waals surface area contributed by atoms with Crippen LogP contribution in [-0.2, 0) is 14.3 Å². The van der Waals surface area contributed by atoms with Crippen LogP contribution in [0.2, 0.25) is 0 Å².